The number of nitrogens with one attached hydrogen (secondary N) is 7. The number of ether oxygens (including phenoxy) is 6. The third-order valence-electron chi connectivity index (χ3n) is 20.2. The highest BCUT2D eigenvalue weighted by Crippen LogP contribution is 2.50. The Morgan fingerprint density at radius 2 is 1.27 bits per heavy atom. The molecule has 35 heteroatoms. The molecule has 598 valence electrons. The number of benzene rings is 7. The van der Waals surface area contributed by atoms with Gasteiger partial charge in [-0.15, -0.1) is 0 Å². The average molecular weight is 1600 g/mol. The fraction of sp³-hybridized carbons (Fsp3) is 0.359. The first-order valence-corrected chi connectivity index (χ1v) is 36.6. The number of carbonyl (C=O) groups excluding carboxylic acids is 7. The molecule has 7 aliphatic heterocycles. The van der Waals surface area contributed by atoms with Gasteiger partial charge in [-0.3, -0.25) is 33.6 Å². The number of fused-ring (bicyclic) bond motifs is 15. The minimum atomic E-state index is -2.37. The number of primary amides is 1. The fourth-order valence-electron chi connectivity index (χ4n) is 14.2. The van der Waals surface area contributed by atoms with Gasteiger partial charge >= 0.3 is 5.97 Å². The highest BCUT2D eigenvalue weighted by Gasteiger charge is 2.52. The predicted molar refractivity (Wildman–Crippen MR) is 399 cm³/mol. The number of hydrogen-bond acceptors (Lipinski definition) is 25. The van der Waals surface area contributed by atoms with Crippen molar-refractivity contribution in [2.45, 2.75) is 163 Å². The second kappa shape index (κ2) is 33.9. The zero-order chi connectivity index (χ0) is 81.3. The molecule has 0 aromatic heterocycles. The molecule has 7 heterocycles. The monoisotopic (exact) mass is 1600 g/mol. The number of phenolic OH excluding ortho intramolecular Hbond substituents is 3. The van der Waals surface area contributed by atoms with Crippen molar-refractivity contribution in [3.05, 3.63) is 177 Å². The number of aromatic hydroxyl groups is 3. The topological polar surface area (TPSA) is 530 Å². The Morgan fingerprint density at radius 3 is 1.89 bits per heavy atom. The van der Waals surface area contributed by atoms with Crippen LogP contribution in [-0.2, 0) is 59.1 Å². The molecule has 0 saturated carbocycles. The summed E-state index contributed by atoms with van der Waals surface area (Å²) < 4.78 is 39.4. The van der Waals surface area contributed by atoms with Crippen molar-refractivity contribution in [2.75, 3.05) is 6.61 Å². The average Bonchev–Trinajstić information content (AvgIpc) is 0.768. The summed E-state index contributed by atoms with van der Waals surface area (Å²) in [6.07, 6.45) is -18.8. The van der Waals surface area contributed by atoms with Crippen LogP contribution in [0.1, 0.15) is 111 Å². The predicted octanol–water partition coefficient (Wildman–Crippen LogP) is 3.34. The number of phenols is 3. The van der Waals surface area contributed by atoms with Crippen LogP contribution < -0.4 is 62.9 Å². The van der Waals surface area contributed by atoms with Gasteiger partial charge in [-0.1, -0.05) is 110 Å². The lowest BCUT2D eigenvalue weighted by Gasteiger charge is -2.48. The molecule has 7 aromatic rings. The number of nitrogens with two attached hydrogens (primary N) is 2. The van der Waals surface area contributed by atoms with Gasteiger partial charge in [0.1, 0.15) is 89.5 Å². The largest absolute Gasteiger partial charge is 0.508 e. The molecule has 0 spiro atoms. The van der Waals surface area contributed by atoms with Gasteiger partial charge in [-0.2, -0.15) is 0 Å². The Bertz CT molecular complexity index is 4820. The minimum absolute atomic E-state index is 0.0704. The number of aliphatic hydroxyl groups excluding tert-OH is 6. The molecule has 2 unspecified atom stereocenters. The van der Waals surface area contributed by atoms with Crippen LogP contribution in [0.2, 0.25) is 10.0 Å². The van der Waals surface area contributed by atoms with E-state index in [1.165, 1.54) is 12.1 Å². The Kier molecular flexibility index (Phi) is 24.5. The molecule has 18 atom stereocenters. The molecule has 33 nitrogen and oxygen atoms in total. The molecule has 0 radical (unpaired) electrons. The van der Waals surface area contributed by atoms with Crippen molar-refractivity contribution in [3.63, 3.8) is 0 Å². The molecular formula is C78H83Cl2N9O24. The Labute approximate surface area is 654 Å². The maximum atomic E-state index is 16.2. The van der Waals surface area contributed by atoms with E-state index in [-0.39, 0.29) is 52.8 Å². The summed E-state index contributed by atoms with van der Waals surface area (Å²) in [6.45, 7) is 6.06. The molecule has 0 aliphatic carbocycles. The Morgan fingerprint density at radius 1 is 0.664 bits per heavy atom. The van der Waals surface area contributed by atoms with E-state index in [4.69, 9.17) is 63.1 Å². The van der Waals surface area contributed by atoms with E-state index in [0.717, 1.165) is 83.4 Å². The number of rotatable bonds is 16. The van der Waals surface area contributed by atoms with Gasteiger partial charge in [0.05, 0.1) is 41.3 Å². The second-order valence-corrected chi connectivity index (χ2v) is 29.6. The van der Waals surface area contributed by atoms with Gasteiger partial charge in [0.2, 0.25) is 53.4 Å². The molecule has 7 amide bonds. The van der Waals surface area contributed by atoms with E-state index in [0.29, 0.717) is 0 Å². The van der Waals surface area contributed by atoms with Crippen LogP contribution in [0.25, 0.3) is 22.3 Å². The number of carbonyl (C=O) groups is 8. The van der Waals surface area contributed by atoms with Crippen molar-refractivity contribution >= 4 is 70.5 Å². The van der Waals surface area contributed by atoms with Crippen LogP contribution in [0, 0.1) is 5.92 Å². The van der Waals surface area contributed by atoms with E-state index in [9.17, 15) is 75.0 Å². The summed E-state index contributed by atoms with van der Waals surface area (Å²) in [6, 6.07) is 16.4. The summed E-state index contributed by atoms with van der Waals surface area (Å²) >= 11 is 14.2. The van der Waals surface area contributed by atoms with Crippen molar-refractivity contribution < 1.29 is 118 Å². The molecule has 7 aromatic carbocycles. The molecule has 113 heavy (non-hydrogen) atoms. The molecule has 2 saturated heterocycles. The minimum Gasteiger partial charge on any atom is -0.508 e. The first-order chi connectivity index (χ1) is 53.7. The third kappa shape index (κ3) is 17.7. The van der Waals surface area contributed by atoms with Crippen molar-refractivity contribution in [1.82, 2.24) is 37.2 Å². The van der Waals surface area contributed by atoms with Crippen molar-refractivity contribution in [1.29, 1.82) is 0 Å². The van der Waals surface area contributed by atoms with Crippen LogP contribution in [0.5, 0.6) is 46.0 Å². The van der Waals surface area contributed by atoms with Gasteiger partial charge in [0.15, 0.2) is 29.9 Å². The SMILES string of the molecule is CC(C)C[C@H](N)C(=O)N[C@H]1C(=O)N[C@@H](CC(N)=O)C(=O)N[C@H]2C(=O)N[C@H]3C(=O)N[C@H](C(=O)N[C@H](C(=O)O)c4cc(O)cc(O)c4-c4cc3ccc4O)[C@H](O)c3ccc(c(Cl)c3)Oc3cc2cc(c3OC2O[C@H](CO)[C@@H](O)[C@H](O)C2O[C@H]2C[C@](C)(NCc3ccc(-c4ccccc4)cc3)[C@H](O)[C@H](C)O2)Oc2ccc(cc2Cl)[C@H]1O. The zero-order valence-electron chi connectivity index (χ0n) is 60.7. The van der Waals surface area contributed by atoms with Crippen LogP contribution in [-0.4, -0.2) is 184 Å². The summed E-state index contributed by atoms with van der Waals surface area (Å²) in [5.74, 6) is -16.3. The lowest BCUT2D eigenvalue weighted by Crippen LogP contribution is -2.65. The highest BCUT2D eigenvalue weighted by atomic mass is 35.5. The molecular weight excluding hydrogens is 1520 g/mol. The van der Waals surface area contributed by atoms with Crippen LogP contribution in [0.15, 0.2) is 133 Å². The number of amides is 7. The lowest BCUT2D eigenvalue weighted by molar-refractivity contribution is -0.334. The molecule has 7 aliphatic rings. The van der Waals surface area contributed by atoms with Crippen molar-refractivity contribution in [2.24, 2.45) is 17.4 Å². The first kappa shape index (κ1) is 81.7. The quantitative estimate of drug-likeness (QED) is 0.0659. The maximum Gasteiger partial charge on any atom is 0.330 e. The van der Waals surface area contributed by atoms with E-state index in [2.05, 4.69) is 37.2 Å². The number of carboxylic acids is 1. The summed E-state index contributed by atoms with van der Waals surface area (Å²) in [5.41, 5.74) is 10.7. The summed E-state index contributed by atoms with van der Waals surface area (Å²) in [4.78, 5) is 117. The zero-order valence-corrected chi connectivity index (χ0v) is 62.2. The first-order valence-electron chi connectivity index (χ1n) is 35.8. The second-order valence-electron chi connectivity index (χ2n) is 28.8. The molecule has 21 N–H and O–H groups in total. The van der Waals surface area contributed by atoms with Gasteiger partial charge in [0.25, 0.3) is 0 Å². The Hall–Kier alpha value is -10.8. The van der Waals surface area contributed by atoms with Gasteiger partial charge in [0, 0.05) is 41.3 Å². The van der Waals surface area contributed by atoms with Crippen molar-refractivity contribution in [3.8, 4) is 68.2 Å². The van der Waals surface area contributed by atoms with Gasteiger partial charge in [-0.05, 0) is 120 Å². The number of halogens is 2. The van der Waals surface area contributed by atoms with Crippen LogP contribution in [0.4, 0.5) is 0 Å². The maximum absolute atomic E-state index is 16.2. The van der Waals surface area contributed by atoms with Gasteiger partial charge in [-0.25, -0.2) is 4.79 Å². The highest BCUT2D eigenvalue weighted by molar-refractivity contribution is 6.32. The number of hydrogen-bond donors (Lipinski definition) is 19. The number of aliphatic hydroxyl groups is 6. The fourth-order valence-corrected chi connectivity index (χ4v) is 14.6. The smallest absolute Gasteiger partial charge is 0.330 e. The van der Waals surface area contributed by atoms with Crippen LogP contribution in [0.3, 0.4) is 0 Å². The van der Waals surface area contributed by atoms with Crippen LogP contribution >= 0.6 is 23.2 Å². The standard InChI is InChI=1S/C78H83Cl2N9O24/c1-32(2)20-46(81)70(100)88-61-63(95)38-15-18-50(44(79)22-38)109-52-24-40-25-53(67(52)113-77-68(66(98)65(97)54(31-90)111-77)112-56-29-78(4,69(99)33(3)108-56)83-30-34-10-12-36(13-11-34)35-8-6-5-7-9-35)110-51-19-16-39(23-45(51)80)64(96)62-75(105)87-60(76(106)107)43-26-41(91)27-49(93)57(43)42-21-37(14-17-48(42)92)58(72(102)89-62)86-73(103)59(40)85-71(101)47(28-55(82)94)84-74(61)104/h5-19,21-27,32-33,46-47,54,56,58-66,68-69,77,83,90-93,95-99H,20,28-31,81H2,1-4H3,(H2,82,94)(H,84,104)(H,85,101)(H,86,103)(H,87,105)(H,88,100)(H,89,102)(H,106,107)/t33-,46-,47-,54+,56-,58+,59+,60-,61+,62-,63+,64+,65+,66-,68?,69+,77?,78-/m0/s1. The summed E-state index contributed by atoms with van der Waals surface area (Å²) in [5, 5.41) is 133. The molecule has 2 fully saturated rings. The number of aliphatic carboxylic acids is 1. The lowest BCUT2D eigenvalue weighted by atomic mass is 9.84. The number of carboxylic acid groups (broad SMARTS) is 1. The molecule has 14 rings (SSSR count). The van der Waals surface area contributed by atoms with E-state index in [1.807, 2.05) is 54.6 Å². The van der Waals surface area contributed by atoms with E-state index >= 15 is 14.4 Å². The third-order valence-corrected chi connectivity index (χ3v) is 20.8. The summed E-state index contributed by atoms with van der Waals surface area (Å²) in [7, 11) is 0. The van der Waals surface area contributed by atoms with Gasteiger partial charge < -0.3 is 128 Å². The normalized spacial score (nSPS) is 27.5. The van der Waals surface area contributed by atoms with E-state index < -0.39 is 237 Å². The van der Waals surface area contributed by atoms with E-state index in [1.54, 1.807) is 27.7 Å². The molecule has 11 bridgehead atoms. The Balaban J connectivity index is 1.04.